The largest absolute Gasteiger partial charge is 0.388 e. The fourth-order valence-corrected chi connectivity index (χ4v) is 3.37. The Bertz CT molecular complexity index is 285. The molecule has 1 unspecified atom stereocenters. The minimum absolute atomic E-state index is 0.0802. The number of hydrogen-bond acceptors (Lipinski definition) is 2. The maximum absolute atomic E-state index is 10.8. The molecule has 0 amide bonds. The van der Waals surface area contributed by atoms with E-state index in [0.717, 1.165) is 38.5 Å². The maximum atomic E-state index is 10.8. The highest BCUT2D eigenvalue weighted by Crippen LogP contribution is 2.61. The first kappa shape index (κ1) is 9.98. The van der Waals surface area contributed by atoms with Crippen molar-refractivity contribution in [2.24, 2.45) is 10.8 Å². The molecule has 14 heavy (non-hydrogen) atoms. The van der Waals surface area contributed by atoms with Crippen LogP contribution in [-0.4, -0.2) is 10.7 Å². The highest BCUT2D eigenvalue weighted by atomic mass is 16.3. The highest BCUT2D eigenvalue weighted by molar-refractivity contribution is 5.21. The fraction of sp³-hybridized carbons (Fsp3) is 0.917. The molecule has 78 valence electrons. The van der Waals surface area contributed by atoms with Gasteiger partial charge >= 0.3 is 0 Å². The number of nitrogens with zero attached hydrogens (tertiary/aromatic N) is 1. The van der Waals surface area contributed by atoms with Crippen LogP contribution in [0.4, 0.5) is 0 Å². The lowest BCUT2D eigenvalue weighted by Gasteiger charge is -2.53. The molecule has 2 saturated carbocycles. The van der Waals surface area contributed by atoms with Gasteiger partial charge in [-0.25, -0.2) is 0 Å². The van der Waals surface area contributed by atoms with E-state index in [1.807, 2.05) is 0 Å². The minimum atomic E-state index is -0.729. The van der Waals surface area contributed by atoms with Gasteiger partial charge in [-0.05, 0) is 37.5 Å². The predicted octanol–water partition coefficient (Wildman–Crippen LogP) is 2.62. The van der Waals surface area contributed by atoms with E-state index in [1.165, 1.54) is 0 Å². The van der Waals surface area contributed by atoms with E-state index in [-0.39, 0.29) is 5.41 Å². The third-order valence-corrected chi connectivity index (χ3v) is 4.67. The summed E-state index contributed by atoms with van der Waals surface area (Å²) in [6, 6.07) is 2.40. The summed E-state index contributed by atoms with van der Waals surface area (Å²) >= 11 is 0. The molecule has 0 radical (unpaired) electrons. The molecule has 0 aromatic carbocycles. The number of rotatable bonds is 1. The Hall–Kier alpha value is -0.550. The summed E-state index contributed by atoms with van der Waals surface area (Å²) in [4.78, 5) is 0. The van der Waals surface area contributed by atoms with Crippen LogP contribution in [0.25, 0.3) is 0 Å². The van der Waals surface area contributed by atoms with E-state index in [1.54, 1.807) is 0 Å². The molecule has 1 atom stereocenters. The number of nitriles is 1. The zero-order valence-corrected chi connectivity index (χ0v) is 9.14. The van der Waals surface area contributed by atoms with Gasteiger partial charge in [0.15, 0.2) is 0 Å². The zero-order valence-electron chi connectivity index (χ0n) is 9.14. The van der Waals surface area contributed by atoms with Crippen LogP contribution in [0.1, 0.15) is 52.4 Å². The van der Waals surface area contributed by atoms with Gasteiger partial charge in [0.1, 0.15) is 0 Å². The van der Waals surface area contributed by atoms with Crippen molar-refractivity contribution in [3.8, 4) is 6.07 Å². The Morgan fingerprint density at radius 1 is 1.07 bits per heavy atom. The minimum Gasteiger partial charge on any atom is -0.388 e. The lowest BCUT2D eigenvalue weighted by Crippen LogP contribution is -2.57. The lowest BCUT2D eigenvalue weighted by atomic mass is 9.53. The summed E-state index contributed by atoms with van der Waals surface area (Å²) in [5.74, 6) is 0. The Balaban J connectivity index is 2.36. The SMILES string of the molecule is CC1(C)CCCC1(O)C1(C#N)CCC1. The first-order chi connectivity index (χ1) is 6.47. The van der Waals surface area contributed by atoms with E-state index in [4.69, 9.17) is 0 Å². The van der Waals surface area contributed by atoms with Crippen molar-refractivity contribution in [2.45, 2.75) is 58.0 Å². The topological polar surface area (TPSA) is 44.0 Å². The van der Waals surface area contributed by atoms with Crippen LogP contribution < -0.4 is 0 Å². The van der Waals surface area contributed by atoms with Gasteiger partial charge in [-0.2, -0.15) is 5.26 Å². The summed E-state index contributed by atoms with van der Waals surface area (Å²) in [5.41, 5.74) is -1.23. The van der Waals surface area contributed by atoms with E-state index < -0.39 is 11.0 Å². The molecule has 1 N–H and O–H groups in total. The summed E-state index contributed by atoms with van der Waals surface area (Å²) in [7, 11) is 0. The van der Waals surface area contributed by atoms with Crippen LogP contribution in [0.5, 0.6) is 0 Å². The van der Waals surface area contributed by atoms with Crippen LogP contribution >= 0.6 is 0 Å². The average Bonchev–Trinajstić information content (AvgIpc) is 2.26. The molecule has 2 aliphatic carbocycles. The third kappa shape index (κ3) is 0.941. The van der Waals surface area contributed by atoms with Crippen LogP contribution in [0, 0.1) is 22.2 Å². The number of hydrogen-bond donors (Lipinski definition) is 1. The average molecular weight is 193 g/mol. The smallest absolute Gasteiger partial charge is 0.0883 e. The molecule has 2 aliphatic rings. The van der Waals surface area contributed by atoms with Crippen molar-refractivity contribution in [1.82, 2.24) is 0 Å². The van der Waals surface area contributed by atoms with Crippen molar-refractivity contribution in [3.63, 3.8) is 0 Å². The third-order valence-electron chi connectivity index (χ3n) is 4.67. The normalized spacial score (nSPS) is 38.7. The first-order valence-corrected chi connectivity index (χ1v) is 5.61. The second-order valence-electron chi connectivity index (χ2n) is 5.65. The second kappa shape index (κ2) is 2.73. The first-order valence-electron chi connectivity index (χ1n) is 5.61. The standard InChI is InChI=1S/C12H19NO/c1-10(2)5-3-8-12(10,14)11(9-13)6-4-7-11/h14H,3-8H2,1-2H3. The van der Waals surface area contributed by atoms with Gasteiger partial charge in [0.25, 0.3) is 0 Å². The molecule has 0 spiro atoms. The Labute approximate surface area is 85.9 Å². The van der Waals surface area contributed by atoms with E-state index in [0.29, 0.717) is 0 Å². The quantitative estimate of drug-likeness (QED) is 0.695. The monoisotopic (exact) mass is 193 g/mol. The van der Waals surface area contributed by atoms with E-state index >= 15 is 0 Å². The predicted molar refractivity (Wildman–Crippen MR) is 54.5 cm³/mol. The fourth-order valence-electron chi connectivity index (χ4n) is 3.37. The summed E-state index contributed by atoms with van der Waals surface area (Å²) in [6.07, 6.45) is 5.81. The molecule has 0 saturated heterocycles. The van der Waals surface area contributed by atoms with Crippen LogP contribution in [0.3, 0.4) is 0 Å². The molecule has 2 fully saturated rings. The van der Waals surface area contributed by atoms with Gasteiger partial charge in [0, 0.05) is 0 Å². The zero-order chi connectivity index (χ0) is 10.4. The molecule has 2 rings (SSSR count). The molecular formula is C12H19NO. The van der Waals surface area contributed by atoms with Crippen molar-refractivity contribution < 1.29 is 5.11 Å². The van der Waals surface area contributed by atoms with Gasteiger partial charge in [-0.15, -0.1) is 0 Å². The molecular weight excluding hydrogens is 174 g/mol. The number of aliphatic hydroxyl groups is 1. The molecule has 0 aromatic rings. The highest BCUT2D eigenvalue weighted by Gasteiger charge is 2.63. The summed E-state index contributed by atoms with van der Waals surface area (Å²) in [5, 5.41) is 20.1. The van der Waals surface area contributed by atoms with Gasteiger partial charge in [0.05, 0.1) is 17.1 Å². The lowest BCUT2D eigenvalue weighted by molar-refractivity contribution is -0.150. The molecule has 0 aliphatic heterocycles. The Morgan fingerprint density at radius 2 is 1.64 bits per heavy atom. The van der Waals surface area contributed by atoms with Gasteiger partial charge < -0.3 is 5.11 Å². The molecule has 2 heteroatoms. The second-order valence-corrected chi connectivity index (χ2v) is 5.65. The van der Waals surface area contributed by atoms with Crippen molar-refractivity contribution in [1.29, 1.82) is 5.26 Å². The van der Waals surface area contributed by atoms with Crippen molar-refractivity contribution in [2.75, 3.05) is 0 Å². The van der Waals surface area contributed by atoms with Crippen molar-refractivity contribution >= 4 is 0 Å². The summed E-state index contributed by atoms with van der Waals surface area (Å²) < 4.78 is 0. The summed E-state index contributed by atoms with van der Waals surface area (Å²) in [6.45, 7) is 4.22. The van der Waals surface area contributed by atoms with Crippen LogP contribution in [0.15, 0.2) is 0 Å². The van der Waals surface area contributed by atoms with Gasteiger partial charge in [-0.1, -0.05) is 20.3 Å². The van der Waals surface area contributed by atoms with Crippen molar-refractivity contribution in [3.05, 3.63) is 0 Å². The molecule has 0 aromatic heterocycles. The molecule has 0 heterocycles. The Morgan fingerprint density at radius 3 is 1.93 bits per heavy atom. The molecule has 2 nitrogen and oxygen atoms in total. The Kier molecular flexibility index (Phi) is 1.95. The maximum Gasteiger partial charge on any atom is 0.0883 e. The van der Waals surface area contributed by atoms with Crippen LogP contribution in [0.2, 0.25) is 0 Å². The van der Waals surface area contributed by atoms with Crippen LogP contribution in [-0.2, 0) is 0 Å². The van der Waals surface area contributed by atoms with Gasteiger partial charge in [0.2, 0.25) is 0 Å². The van der Waals surface area contributed by atoms with E-state index in [9.17, 15) is 10.4 Å². The van der Waals surface area contributed by atoms with E-state index in [2.05, 4.69) is 19.9 Å². The molecule has 0 bridgehead atoms. The van der Waals surface area contributed by atoms with Gasteiger partial charge in [-0.3, -0.25) is 0 Å².